The summed E-state index contributed by atoms with van der Waals surface area (Å²) in [7, 11) is 4.65. The first-order valence-corrected chi connectivity index (χ1v) is 10.2. The van der Waals surface area contributed by atoms with Gasteiger partial charge in [-0.2, -0.15) is 0 Å². The number of fused-ring (bicyclic) bond motifs is 3. The van der Waals surface area contributed by atoms with Crippen LogP contribution in [0.1, 0.15) is 32.7 Å². The van der Waals surface area contributed by atoms with Gasteiger partial charge < -0.3 is 23.9 Å². The number of rotatable bonds is 4. The molecule has 6 nitrogen and oxygen atoms in total. The van der Waals surface area contributed by atoms with Crippen molar-refractivity contribution in [2.45, 2.75) is 33.7 Å². The third kappa shape index (κ3) is 3.05. The van der Waals surface area contributed by atoms with E-state index in [1.165, 1.54) is 7.11 Å². The highest BCUT2D eigenvalue weighted by Gasteiger charge is 2.33. The van der Waals surface area contributed by atoms with E-state index in [0.29, 0.717) is 23.6 Å². The number of hydrogen-bond donors (Lipinski definition) is 1. The number of aryl methyl sites for hydroxylation is 2. The quantitative estimate of drug-likeness (QED) is 0.612. The van der Waals surface area contributed by atoms with Gasteiger partial charge in [0.1, 0.15) is 5.75 Å². The lowest BCUT2D eigenvalue weighted by atomic mass is 9.92. The molecule has 3 aromatic rings. The van der Waals surface area contributed by atoms with E-state index < -0.39 is 5.97 Å². The van der Waals surface area contributed by atoms with Crippen molar-refractivity contribution in [1.82, 2.24) is 4.57 Å². The molecule has 0 saturated carbocycles. The molecule has 0 atom stereocenters. The highest BCUT2D eigenvalue weighted by Crippen LogP contribution is 2.47. The molecule has 0 bridgehead atoms. The molecule has 0 unspecified atom stereocenters. The van der Waals surface area contributed by atoms with Gasteiger partial charge in [-0.1, -0.05) is 0 Å². The molecule has 1 aliphatic rings. The van der Waals surface area contributed by atoms with Gasteiger partial charge in [0.25, 0.3) is 0 Å². The topological polar surface area (TPSA) is 69.9 Å². The predicted molar refractivity (Wildman–Crippen MR) is 119 cm³/mol. The fourth-order valence-corrected chi connectivity index (χ4v) is 4.74. The Balaban J connectivity index is 2.08. The van der Waals surface area contributed by atoms with E-state index in [9.17, 15) is 9.90 Å². The zero-order valence-corrected chi connectivity index (χ0v) is 18.8. The van der Waals surface area contributed by atoms with Crippen molar-refractivity contribution in [2.24, 2.45) is 0 Å². The molecule has 6 heteroatoms. The molecule has 1 aliphatic heterocycles. The normalized spacial score (nSPS) is 12.2. The van der Waals surface area contributed by atoms with Gasteiger partial charge in [-0.15, -0.1) is 0 Å². The molecule has 0 amide bonds. The average Bonchev–Trinajstić information content (AvgIpc) is 3.08. The first kappa shape index (κ1) is 20.8. The summed E-state index contributed by atoms with van der Waals surface area (Å²) in [4.78, 5) is 13.1. The van der Waals surface area contributed by atoms with E-state index in [1.807, 2.05) is 45.0 Å². The lowest BCUT2D eigenvalue weighted by molar-refractivity contribution is 0.0602. The van der Waals surface area contributed by atoms with Gasteiger partial charge in [0.2, 0.25) is 0 Å². The molecule has 0 fully saturated rings. The summed E-state index contributed by atoms with van der Waals surface area (Å²) < 4.78 is 18.5. The van der Waals surface area contributed by atoms with Gasteiger partial charge in [0.05, 0.1) is 32.6 Å². The smallest absolute Gasteiger partial charge is 0.340 e. The van der Waals surface area contributed by atoms with Crippen molar-refractivity contribution in [1.29, 1.82) is 0 Å². The number of benzene rings is 2. The monoisotopic (exact) mass is 421 g/mol. The number of phenolic OH excluding ortho intramolecular Hbond substituents is 1. The average molecular weight is 421 g/mol. The Bertz CT molecular complexity index is 1180. The van der Waals surface area contributed by atoms with Crippen LogP contribution in [0.25, 0.3) is 22.4 Å². The Hall–Kier alpha value is -3.41. The Morgan fingerprint density at radius 2 is 1.71 bits per heavy atom. The van der Waals surface area contributed by atoms with E-state index >= 15 is 0 Å². The van der Waals surface area contributed by atoms with Crippen LogP contribution in [0, 0.1) is 20.8 Å². The minimum atomic E-state index is -0.391. The van der Waals surface area contributed by atoms with Crippen LogP contribution in [0.2, 0.25) is 0 Å². The zero-order valence-electron chi connectivity index (χ0n) is 18.8. The highest BCUT2D eigenvalue weighted by molar-refractivity contribution is 6.05. The molecule has 0 spiro atoms. The van der Waals surface area contributed by atoms with Crippen LogP contribution in [0.5, 0.6) is 17.2 Å². The minimum absolute atomic E-state index is 0.271. The number of methoxy groups -OCH3 is 3. The first-order chi connectivity index (χ1) is 14.8. The van der Waals surface area contributed by atoms with Crippen molar-refractivity contribution in [3.05, 3.63) is 52.2 Å². The summed E-state index contributed by atoms with van der Waals surface area (Å²) in [5, 5.41) is 10.2. The fourth-order valence-electron chi connectivity index (χ4n) is 4.74. The summed E-state index contributed by atoms with van der Waals surface area (Å²) in [6.07, 6.45) is 0.756. The molecule has 162 valence electrons. The summed E-state index contributed by atoms with van der Waals surface area (Å²) in [5.74, 6) is 1.24. The van der Waals surface area contributed by atoms with Gasteiger partial charge in [0, 0.05) is 28.9 Å². The molecule has 0 aliphatic carbocycles. The van der Waals surface area contributed by atoms with Crippen LogP contribution >= 0.6 is 0 Å². The van der Waals surface area contributed by atoms with Crippen molar-refractivity contribution in [3.63, 3.8) is 0 Å². The van der Waals surface area contributed by atoms with Crippen LogP contribution in [0.15, 0.2) is 24.3 Å². The Labute approximate surface area is 182 Å². The lowest BCUT2D eigenvalue weighted by Gasteiger charge is -2.24. The first-order valence-electron chi connectivity index (χ1n) is 10.2. The standard InChI is InChI=1S/C25H27NO5/c1-13-11-16(12-14(2)23(13)27)20-15(3)26-10-9-18-17(22(26)21(20)25(28)31-6)7-8-19(29-4)24(18)30-5/h7-8,11-12,27H,9-10H2,1-6H3. The number of esters is 1. The van der Waals surface area contributed by atoms with Crippen molar-refractivity contribution in [3.8, 4) is 39.6 Å². The molecule has 1 N–H and O–H groups in total. The van der Waals surface area contributed by atoms with Crippen LogP contribution in [-0.4, -0.2) is 37.0 Å². The number of aromatic nitrogens is 1. The number of aromatic hydroxyl groups is 1. The molecule has 0 radical (unpaired) electrons. The SMILES string of the molecule is COC(=O)c1c(-c2cc(C)c(O)c(C)c2)c(C)n2c1-c1ccc(OC)c(OC)c1CC2. The molecular weight excluding hydrogens is 394 g/mol. The molecule has 1 aromatic heterocycles. The maximum Gasteiger partial charge on any atom is 0.340 e. The Morgan fingerprint density at radius 1 is 1.03 bits per heavy atom. The number of ether oxygens (including phenoxy) is 3. The molecule has 0 saturated heterocycles. The van der Waals surface area contributed by atoms with Gasteiger partial charge in [-0.3, -0.25) is 0 Å². The van der Waals surface area contributed by atoms with Gasteiger partial charge >= 0.3 is 5.97 Å². The van der Waals surface area contributed by atoms with Crippen molar-refractivity contribution >= 4 is 5.97 Å². The third-order valence-corrected chi connectivity index (χ3v) is 6.18. The van der Waals surface area contributed by atoms with E-state index in [4.69, 9.17) is 14.2 Å². The van der Waals surface area contributed by atoms with Gasteiger partial charge in [-0.05, 0) is 68.1 Å². The van der Waals surface area contributed by atoms with Gasteiger partial charge in [-0.25, -0.2) is 4.79 Å². The summed E-state index contributed by atoms with van der Waals surface area (Å²) >= 11 is 0. The maximum atomic E-state index is 13.1. The maximum absolute atomic E-state index is 13.1. The molecule has 2 aromatic carbocycles. The van der Waals surface area contributed by atoms with Crippen LogP contribution in [-0.2, 0) is 17.7 Å². The number of carbonyl (C=O) groups is 1. The molecular formula is C25H27NO5. The third-order valence-electron chi connectivity index (χ3n) is 6.18. The van der Waals surface area contributed by atoms with Crippen molar-refractivity contribution in [2.75, 3.05) is 21.3 Å². The summed E-state index contributed by atoms with van der Waals surface area (Å²) in [6.45, 7) is 6.45. The minimum Gasteiger partial charge on any atom is -0.507 e. The summed E-state index contributed by atoms with van der Waals surface area (Å²) in [5.41, 5.74) is 7.53. The predicted octanol–water partition coefficient (Wildman–Crippen LogP) is 4.81. The number of hydrogen-bond acceptors (Lipinski definition) is 5. The largest absolute Gasteiger partial charge is 0.507 e. The van der Waals surface area contributed by atoms with Crippen LogP contribution in [0.4, 0.5) is 0 Å². The van der Waals surface area contributed by atoms with E-state index in [0.717, 1.165) is 51.2 Å². The number of carbonyl (C=O) groups excluding carboxylic acids is 1. The fraction of sp³-hybridized carbons (Fsp3) is 0.320. The Morgan fingerprint density at radius 3 is 2.29 bits per heavy atom. The number of nitrogens with zero attached hydrogens (tertiary/aromatic N) is 1. The second-order valence-electron chi connectivity index (χ2n) is 7.86. The van der Waals surface area contributed by atoms with E-state index in [-0.39, 0.29) is 5.75 Å². The Kier molecular flexibility index (Phi) is 5.17. The molecule has 4 rings (SSSR count). The second kappa shape index (κ2) is 7.69. The van der Waals surface area contributed by atoms with Crippen LogP contribution in [0.3, 0.4) is 0 Å². The van der Waals surface area contributed by atoms with Gasteiger partial charge in [0.15, 0.2) is 11.5 Å². The van der Waals surface area contributed by atoms with E-state index in [2.05, 4.69) is 4.57 Å². The van der Waals surface area contributed by atoms with Crippen molar-refractivity contribution < 1.29 is 24.1 Å². The highest BCUT2D eigenvalue weighted by atomic mass is 16.5. The number of phenols is 1. The second-order valence-corrected chi connectivity index (χ2v) is 7.86. The van der Waals surface area contributed by atoms with E-state index in [1.54, 1.807) is 14.2 Å². The zero-order chi connectivity index (χ0) is 22.4. The summed E-state index contributed by atoms with van der Waals surface area (Å²) in [6, 6.07) is 7.67. The lowest BCUT2D eigenvalue weighted by Crippen LogP contribution is -2.15. The van der Waals surface area contributed by atoms with Crippen LogP contribution < -0.4 is 9.47 Å². The molecule has 31 heavy (non-hydrogen) atoms. The molecule has 2 heterocycles.